The first kappa shape index (κ1) is 32.3. The van der Waals surface area contributed by atoms with Gasteiger partial charge in [-0.2, -0.15) is 0 Å². The molecule has 1 fully saturated rings. The predicted octanol–water partition coefficient (Wildman–Crippen LogP) is 4.84. The van der Waals surface area contributed by atoms with Crippen LogP contribution in [-0.2, 0) is 24.3 Å². The molecule has 0 aromatic heterocycles. The number of hydrogen-bond acceptors (Lipinski definition) is 4. The maximum Gasteiger partial charge on any atom is 0.321 e. The number of urea groups is 1. The molecule has 0 aliphatic heterocycles. The van der Waals surface area contributed by atoms with Gasteiger partial charge in [-0.15, -0.1) is 0 Å². The Kier molecular flexibility index (Phi) is 13.6. The van der Waals surface area contributed by atoms with Crippen molar-refractivity contribution in [3.8, 4) is 0 Å². The van der Waals surface area contributed by atoms with Crippen LogP contribution >= 0.6 is 0 Å². The Hall–Kier alpha value is -4.17. The lowest BCUT2D eigenvalue weighted by Crippen LogP contribution is -2.45. The second kappa shape index (κ2) is 17.6. The minimum Gasteiger partial charge on any atom is -0.370 e. The summed E-state index contributed by atoms with van der Waals surface area (Å²) in [6.07, 6.45) is 5.44. The van der Waals surface area contributed by atoms with Gasteiger partial charge in [-0.25, -0.2) is 9.79 Å². The van der Waals surface area contributed by atoms with E-state index in [0.29, 0.717) is 32.0 Å². The van der Waals surface area contributed by atoms with E-state index in [-0.39, 0.29) is 23.8 Å². The fourth-order valence-electron chi connectivity index (χ4n) is 5.41. The van der Waals surface area contributed by atoms with Crippen molar-refractivity contribution in [2.45, 2.75) is 58.0 Å². The van der Waals surface area contributed by atoms with E-state index in [1.165, 1.54) is 19.9 Å². The number of rotatable bonds is 10. The first-order valence-corrected chi connectivity index (χ1v) is 14.8. The van der Waals surface area contributed by atoms with Crippen LogP contribution < -0.4 is 27.4 Å². The molecule has 1 saturated carbocycles. The monoisotopic (exact) mass is 570 g/mol. The minimum atomic E-state index is -0.320. The molecule has 3 aromatic carbocycles. The summed E-state index contributed by atoms with van der Waals surface area (Å²) in [6.45, 7) is 3.67. The lowest BCUT2D eigenvalue weighted by atomic mass is 9.82. The molecular formula is C34H46N6O2. The zero-order chi connectivity index (χ0) is 30.2. The highest BCUT2D eigenvalue weighted by Gasteiger charge is 2.21. The van der Waals surface area contributed by atoms with Crippen molar-refractivity contribution in [3.05, 3.63) is 107 Å². The van der Waals surface area contributed by atoms with Crippen molar-refractivity contribution in [3.63, 3.8) is 0 Å². The Balaban J connectivity index is 0.00000237. The molecule has 0 spiro atoms. The summed E-state index contributed by atoms with van der Waals surface area (Å²) in [7, 11) is 1.50. The van der Waals surface area contributed by atoms with E-state index >= 15 is 0 Å². The molecule has 0 heterocycles. The average Bonchev–Trinajstić information content (AvgIpc) is 3.03. The molecule has 224 valence electrons. The van der Waals surface area contributed by atoms with E-state index in [9.17, 15) is 9.59 Å². The molecule has 8 nitrogen and oxygen atoms in total. The lowest BCUT2D eigenvalue weighted by Gasteiger charge is -2.26. The number of hydrogen-bond donors (Lipinski definition) is 5. The number of benzene rings is 3. The summed E-state index contributed by atoms with van der Waals surface area (Å²) in [5.41, 5.74) is 14.5. The van der Waals surface area contributed by atoms with E-state index in [2.05, 4.69) is 45.7 Å². The largest absolute Gasteiger partial charge is 0.370 e. The number of nitrogens with two attached hydrogens (primary N) is 2. The minimum absolute atomic E-state index is 0.0133. The van der Waals surface area contributed by atoms with Gasteiger partial charge in [0, 0.05) is 13.1 Å². The first-order valence-electron chi connectivity index (χ1n) is 14.8. The van der Waals surface area contributed by atoms with Crippen LogP contribution in [0.2, 0.25) is 0 Å². The van der Waals surface area contributed by atoms with Gasteiger partial charge in [0.25, 0.3) is 0 Å². The third-order valence-electron chi connectivity index (χ3n) is 7.53. The number of carbonyl (C=O) groups is 2. The fourth-order valence-corrected chi connectivity index (χ4v) is 5.41. The molecule has 8 heteroatoms. The average molecular weight is 571 g/mol. The predicted molar refractivity (Wildman–Crippen MR) is 171 cm³/mol. The Bertz CT molecular complexity index is 1270. The van der Waals surface area contributed by atoms with Crippen LogP contribution in [0.1, 0.15) is 60.8 Å². The van der Waals surface area contributed by atoms with Crippen LogP contribution in [0.3, 0.4) is 0 Å². The second-order valence-corrected chi connectivity index (χ2v) is 10.9. The van der Waals surface area contributed by atoms with Gasteiger partial charge >= 0.3 is 6.03 Å². The number of nitrogens with zero attached hydrogens (tertiary/aromatic N) is 1. The second-order valence-electron chi connectivity index (χ2n) is 10.9. The number of nitrogens with one attached hydrogen (secondary N) is 3. The van der Waals surface area contributed by atoms with E-state index in [1.807, 2.05) is 72.8 Å². The number of guanidine groups is 1. The molecule has 3 amide bonds. The van der Waals surface area contributed by atoms with E-state index in [4.69, 9.17) is 5.73 Å². The van der Waals surface area contributed by atoms with E-state index < -0.39 is 0 Å². The highest BCUT2D eigenvalue weighted by atomic mass is 16.2. The summed E-state index contributed by atoms with van der Waals surface area (Å²) in [4.78, 5) is 29.9. The standard InChI is InChI=1S/C33H41N5O2.CH5N/c1-24-10-8-13-26(18-24)23-37-33(40)38-32(34)36-22-28-15-9-14-27(19-28)21-35-31(39)30(29-16-6-3-7-17-29)20-25-11-4-2-5-12-25;1-2/h2-7,9,11-12,14-17,19,24,26,30H,8,10,13,18,20-23H2,1H3,(H,35,39)(H4,34,36,37,38,40);2H2,1H3. The molecule has 3 aromatic rings. The van der Waals surface area contributed by atoms with E-state index in [1.54, 1.807) is 0 Å². The molecule has 3 atom stereocenters. The number of carbonyl (C=O) groups excluding carboxylic acids is 2. The Labute approximate surface area is 250 Å². The zero-order valence-corrected chi connectivity index (χ0v) is 24.9. The molecule has 0 radical (unpaired) electrons. The summed E-state index contributed by atoms with van der Waals surface area (Å²) in [5, 5.41) is 8.66. The van der Waals surface area contributed by atoms with Gasteiger partial charge < -0.3 is 22.1 Å². The van der Waals surface area contributed by atoms with Gasteiger partial charge in [0.05, 0.1) is 12.5 Å². The fraction of sp³-hybridized carbons (Fsp3) is 0.382. The molecule has 42 heavy (non-hydrogen) atoms. The number of amides is 3. The molecule has 1 aliphatic carbocycles. The van der Waals surface area contributed by atoms with Crippen molar-refractivity contribution in [1.82, 2.24) is 16.0 Å². The van der Waals surface area contributed by atoms with Crippen molar-refractivity contribution in [2.75, 3.05) is 13.6 Å². The van der Waals surface area contributed by atoms with Crippen molar-refractivity contribution in [1.29, 1.82) is 0 Å². The molecule has 1 aliphatic rings. The summed E-state index contributed by atoms with van der Waals surface area (Å²) < 4.78 is 0. The van der Waals surface area contributed by atoms with Gasteiger partial charge in [0.1, 0.15) is 0 Å². The molecule has 7 N–H and O–H groups in total. The van der Waals surface area contributed by atoms with Crippen LogP contribution in [0.5, 0.6) is 0 Å². The topological polar surface area (TPSA) is 135 Å². The van der Waals surface area contributed by atoms with Crippen LogP contribution in [-0.4, -0.2) is 31.5 Å². The van der Waals surface area contributed by atoms with Crippen LogP contribution in [0, 0.1) is 11.8 Å². The van der Waals surface area contributed by atoms with Crippen LogP contribution in [0.4, 0.5) is 4.79 Å². The van der Waals surface area contributed by atoms with Crippen molar-refractivity contribution >= 4 is 17.9 Å². The Morgan fingerprint density at radius 2 is 1.55 bits per heavy atom. The lowest BCUT2D eigenvalue weighted by molar-refractivity contribution is -0.122. The highest BCUT2D eigenvalue weighted by molar-refractivity contribution is 5.95. The van der Waals surface area contributed by atoms with Gasteiger partial charge in [-0.3, -0.25) is 10.1 Å². The molecule has 4 rings (SSSR count). The first-order chi connectivity index (χ1) is 20.5. The smallest absolute Gasteiger partial charge is 0.321 e. The van der Waals surface area contributed by atoms with Crippen LogP contribution in [0.25, 0.3) is 0 Å². The molecule has 0 saturated heterocycles. The Morgan fingerprint density at radius 1 is 0.881 bits per heavy atom. The molecule has 3 unspecified atom stereocenters. The number of aliphatic imine (C=N–C) groups is 1. The zero-order valence-electron chi connectivity index (χ0n) is 24.9. The van der Waals surface area contributed by atoms with Crippen molar-refractivity contribution < 1.29 is 9.59 Å². The third kappa shape index (κ3) is 11.0. The summed E-state index contributed by atoms with van der Waals surface area (Å²) >= 11 is 0. The SMILES string of the molecule is CC1CCCC(CNC(=O)NC(N)=NCc2cccc(CNC(=O)C(Cc3ccccc3)c3ccccc3)c2)C1.CN. The maximum atomic E-state index is 13.3. The van der Waals surface area contributed by atoms with Gasteiger partial charge in [-0.05, 0) is 60.4 Å². The van der Waals surface area contributed by atoms with Gasteiger partial charge in [-0.1, -0.05) is 105 Å². The van der Waals surface area contributed by atoms with Crippen molar-refractivity contribution in [2.24, 2.45) is 28.3 Å². The molecule has 0 bridgehead atoms. The quantitative estimate of drug-likeness (QED) is 0.176. The van der Waals surface area contributed by atoms with Gasteiger partial charge in [0.2, 0.25) is 5.91 Å². The maximum absolute atomic E-state index is 13.3. The summed E-state index contributed by atoms with van der Waals surface area (Å²) in [6, 6.07) is 27.5. The Morgan fingerprint density at radius 3 is 2.26 bits per heavy atom. The normalized spacial score (nSPS) is 17.3. The van der Waals surface area contributed by atoms with E-state index in [0.717, 1.165) is 41.0 Å². The summed E-state index contributed by atoms with van der Waals surface area (Å²) in [5.74, 6) is 1.03. The molecular weight excluding hydrogens is 524 g/mol. The van der Waals surface area contributed by atoms with Gasteiger partial charge in [0.15, 0.2) is 5.96 Å². The highest BCUT2D eigenvalue weighted by Crippen LogP contribution is 2.28. The third-order valence-corrected chi connectivity index (χ3v) is 7.53. The van der Waals surface area contributed by atoms with Crippen LogP contribution in [0.15, 0.2) is 89.9 Å².